The third kappa shape index (κ3) is 7.17. The molecule has 0 aliphatic carbocycles. The van der Waals surface area contributed by atoms with E-state index in [0.717, 1.165) is 28.0 Å². The summed E-state index contributed by atoms with van der Waals surface area (Å²) in [5.74, 6) is 0.257. The molecule has 0 saturated heterocycles. The first-order valence-corrected chi connectivity index (χ1v) is 10.7. The van der Waals surface area contributed by atoms with Gasteiger partial charge in [-0.2, -0.15) is 0 Å². The Balaban J connectivity index is 1.93. The van der Waals surface area contributed by atoms with Crippen LogP contribution in [0.15, 0.2) is 59.7 Å². The van der Waals surface area contributed by atoms with Crippen LogP contribution in [-0.4, -0.2) is 34.5 Å². The van der Waals surface area contributed by atoms with E-state index in [1.807, 2.05) is 32.1 Å². The maximum Gasteiger partial charge on any atom is 0.331 e. The molecule has 0 fully saturated rings. The van der Waals surface area contributed by atoms with Crippen molar-refractivity contribution in [1.29, 1.82) is 0 Å². The van der Waals surface area contributed by atoms with Gasteiger partial charge in [0.15, 0.2) is 11.8 Å². The van der Waals surface area contributed by atoms with Crippen molar-refractivity contribution in [3.8, 4) is 17.5 Å². The van der Waals surface area contributed by atoms with Gasteiger partial charge in [0.2, 0.25) is 0 Å². The number of esters is 1. The highest BCUT2D eigenvalue weighted by Gasteiger charge is 2.08. The fourth-order valence-corrected chi connectivity index (χ4v) is 3.34. The fraction of sp³-hybridized carbons (Fsp3) is 0.296. The number of carbonyl (C=O) groups is 1. The zero-order valence-corrected chi connectivity index (χ0v) is 20.2. The van der Waals surface area contributed by atoms with E-state index in [4.69, 9.17) is 9.47 Å². The van der Waals surface area contributed by atoms with Crippen LogP contribution < -0.4 is 4.74 Å². The first-order valence-electron chi connectivity index (χ1n) is 10.7. The molecule has 0 radical (unpaired) electrons. The van der Waals surface area contributed by atoms with Crippen molar-refractivity contribution in [3.05, 3.63) is 82.0 Å². The number of hydrogen-bond acceptors (Lipinski definition) is 5. The van der Waals surface area contributed by atoms with E-state index in [1.165, 1.54) is 33.9 Å². The van der Waals surface area contributed by atoms with Crippen LogP contribution in [0, 0.1) is 20.8 Å². The maximum absolute atomic E-state index is 11.9. The molecule has 0 spiro atoms. The van der Waals surface area contributed by atoms with Crippen LogP contribution in [0.1, 0.15) is 36.1 Å². The third-order valence-corrected chi connectivity index (χ3v) is 5.40. The lowest BCUT2D eigenvalue weighted by molar-refractivity contribution is -0.138. The van der Waals surface area contributed by atoms with Crippen molar-refractivity contribution in [2.24, 2.45) is 0 Å². The molecule has 1 heterocycles. The number of benzene rings is 1. The summed E-state index contributed by atoms with van der Waals surface area (Å²) in [6, 6.07) is 4.80. The topological polar surface area (TPSA) is 80.9 Å². The average Bonchev–Trinajstić information content (AvgIpc) is 3.08. The number of ether oxygens (including phenoxy) is 2. The van der Waals surface area contributed by atoms with Gasteiger partial charge in [0.1, 0.15) is 12.4 Å². The average molecular weight is 452 g/mol. The summed E-state index contributed by atoms with van der Waals surface area (Å²) in [6.45, 7) is 10.3. The Kier molecular flexibility index (Phi) is 9.16. The molecule has 6 nitrogen and oxygen atoms in total. The molecule has 1 aromatic carbocycles. The number of allylic oxidation sites excluding steroid dienone is 6. The first kappa shape index (κ1) is 25.6. The predicted octanol–water partition coefficient (Wildman–Crippen LogP) is 5.54. The number of rotatable bonds is 9. The van der Waals surface area contributed by atoms with Gasteiger partial charge in [0.05, 0.1) is 13.7 Å². The summed E-state index contributed by atoms with van der Waals surface area (Å²) >= 11 is 0. The molecule has 0 aliphatic rings. The molecule has 0 amide bonds. The van der Waals surface area contributed by atoms with Crippen LogP contribution in [0.5, 0.6) is 17.5 Å². The van der Waals surface area contributed by atoms with Crippen molar-refractivity contribution in [2.45, 2.75) is 41.2 Å². The molecule has 2 N–H and O–H groups in total. The van der Waals surface area contributed by atoms with Gasteiger partial charge < -0.3 is 19.7 Å². The van der Waals surface area contributed by atoms with Gasteiger partial charge in [-0.25, -0.2) is 4.79 Å². The summed E-state index contributed by atoms with van der Waals surface area (Å²) in [5.41, 5.74) is 6.50. The molecule has 1 aromatic heterocycles. The van der Waals surface area contributed by atoms with Gasteiger partial charge >= 0.3 is 5.97 Å². The predicted molar refractivity (Wildman–Crippen MR) is 132 cm³/mol. The standard InChI is InChI=1S/C27H33NO5/c1-18(10-11-23-20(3)17-24(32-6)22(5)21(23)4)8-7-9-19(2)16-27(31)33-15-14-28-25(29)12-13-26(28)30/h7-13,16-17,29-30H,14-15H2,1-6H3. The van der Waals surface area contributed by atoms with Crippen LogP contribution >= 0.6 is 0 Å². The molecule has 2 rings (SSSR count). The van der Waals surface area contributed by atoms with Crippen LogP contribution in [0.25, 0.3) is 6.08 Å². The van der Waals surface area contributed by atoms with Crippen molar-refractivity contribution in [2.75, 3.05) is 13.7 Å². The van der Waals surface area contributed by atoms with E-state index in [9.17, 15) is 15.0 Å². The number of aromatic nitrogens is 1. The van der Waals surface area contributed by atoms with Gasteiger partial charge in [-0.3, -0.25) is 4.57 Å². The highest BCUT2D eigenvalue weighted by atomic mass is 16.5. The summed E-state index contributed by atoms with van der Waals surface area (Å²) in [5, 5.41) is 19.1. The van der Waals surface area contributed by atoms with E-state index in [-0.39, 0.29) is 24.9 Å². The summed E-state index contributed by atoms with van der Waals surface area (Å²) < 4.78 is 11.8. The number of aryl methyl sites for hydroxylation is 1. The van der Waals surface area contributed by atoms with Gasteiger partial charge in [0.25, 0.3) is 0 Å². The number of hydrogen-bond donors (Lipinski definition) is 2. The Morgan fingerprint density at radius 2 is 1.70 bits per heavy atom. The quantitative estimate of drug-likeness (QED) is 0.297. The lowest BCUT2D eigenvalue weighted by atomic mass is 9.96. The van der Waals surface area contributed by atoms with Crippen molar-refractivity contribution in [1.82, 2.24) is 4.57 Å². The number of carbonyl (C=O) groups excluding carboxylic acids is 1. The van der Waals surface area contributed by atoms with Gasteiger partial charge in [0, 0.05) is 18.2 Å². The van der Waals surface area contributed by atoms with E-state index >= 15 is 0 Å². The summed E-state index contributed by atoms with van der Waals surface area (Å²) in [6.07, 6.45) is 11.3. The molecule has 0 unspecified atom stereocenters. The van der Waals surface area contributed by atoms with Gasteiger partial charge in [-0.05, 0) is 68.5 Å². The Labute approximate surface area is 195 Å². The molecule has 33 heavy (non-hydrogen) atoms. The lowest BCUT2D eigenvalue weighted by Gasteiger charge is -2.13. The summed E-state index contributed by atoms with van der Waals surface area (Å²) in [7, 11) is 1.69. The van der Waals surface area contributed by atoms with Gasteiger partial charge in [-0.1, -0.05) is 36.0 Å². The van der Waals surface area contributed by atoms with Crippen molar-refractivity contribution in [3.63, 3.8) is 0 Å². The third-order valence-electron chi connectivity index (χ3n) is 5.40. The highest BCUT2D eigenvalue weighted by Crippen LogP contribution is 2.28. The van der Waals surface area contributed by atoms with Crippen LogP contribution in [0.4, 0.5) is 0 Å². The Hall–Kier alpha value is -3.67. The largest absolute Gasteiger partial charge is 0.496 e. The second-order valence-corrected chi connectivity index (χ2v) is 7.92. The highest BCUT2D eigenvalue weighted by molar-refractivity contribution is 5.83. The monoisotopic (exact) mass is 451 g/mol. The second-order valence-electron chi connectivity index (χ2n) is 7.92. The molecular weight excluding hydrogens is 418 g/mol. The normalized spacial score (nSPS) is 12.7. The molecular formula is C27H33NO5. The van der Waals surface area contributed by atoms with Crippen LogP contribution in [-0.2, 0) is 16.1 Å². The van der Waals surface area contributed by atoms with E-state index < -0.39 is 5.97 Å². The van der Waals surface area contributed by atoms with E-state index in [1.54, 1.807) is 7.11 Å². The minimum absolute atomic E-state index is 0.0373. The van der Waals surface area contributed by atoms with Crippen molar-refractivity contribution >= 4 is 12.0 Å². The lowest BCUT2D eigenvalue weighted by Crippen LogP contribution is -2.09. The number of nitrogens with zero attached hydrogens (tertiary/aromatic N) is 1. The minimum atomic E-state index is -0.482. The van der Waals surface area contributed by atoms with Gasteiger partial charge in [-0.15, -0.1) is 0 Å². The van der Waals surface area contributed by atoms with Crippen LogP contribution in [0.3, 0.4) is 0 Å². The SMILES string of the molecule is COc1cc(C)c(C=CC(C)=CC=CC(C)=CC(=O)OCCn2c(O)ccc2O)c(C)c1C. The number of methoxy groups -OCH3 is 1. The molecule has 0 saturated carbocycles. The fourth-order valence-electron chi connectivity index (χ4n) is 3.34. The van der Waals surface area contributed by atoms with E-state index in [0.29, 0.717) is 0 Å². The molecule has 2 aromatic rings. The summed E-state index contributed by atoms with van der Waals surface area (Å²) in [4.78, 5) is 11.9. The zero-order chi connectivity index (χ0) is 24.5. The Morgan fingerprint density at radius 1 is 1.03 bits per heavy atom. The minimum Gasteiger partial charge on any atom is -0.496 e. The van der Waals surface area contributed by atoms with E-state index in [2.05, 4.69) is 39.0 Å². The first-order chi connectivity index (χ1) is 15.6. The molecule has 176 valence electrons. The second kappa shape index (κ2) is 11.8. The molecule has 0 aliphatic heterocycles. The maximum atomic E-state index is 11.9. The molecule has 0 bridgehead atoms. The molecule has 0 atom stereocenters. The molecule has 6 heteroatoms. The number of aromatic hydroxyl groups is 2. The Morgan fingerprint density at radius 3 is 2.33 bits per heavy atom. The smallest absolute Gasteiger partial charge is 0.331 e. The zero-order valence-electron chi connectivity index (χ0n) is 20.2. The Bertz CT molecular complexity index is 1100. The van der Waals surface area contributed by atoms with Crippen LogP contribution in [0.2, 0.25) is 0 Å². The van der Waals surface area contributed by atoms with Crippen molar-refractivity contribution < 1.29 is 24.5 Å².